The predicted molar refractivity (Wildman–Crippen MR) is 72.6 cm³/mol. The van der Waals surface area contributed by atoms with E-state index in [1.165, 1.54) is 11.3 Å². The highest BCUT2D eigenvalue weighted by Crippen LogP contribution is 2.40. The summed E-state index contributed by atoms with van der Waals surface area (Å²) in [5, 5.41) is 0. The van der Waals surface area contributed by atoms with Gasteiger partial charge in [0.2, 0.25) is 0 Å². The summed E-state index contributed by atoms with van der Waals surface area (Å²) in [5.41, 5.74) is 10.4. The first kappa shape index (κ1) is 11.5. The van der Waals surface area contributed by atoms with Crippen LogP contribution in [-0.4, -0.2) is 9.55 Å². The van der Waals surface area contributed by atoms with Gasteiger partial charge in [0.05, 0.1) is 0 Å². The summed E-state index contributed by atoms with van der Waals surface area (Å²) in [4.78, 5) is 4.07. The lowest BCUT2D eigenvalue weighted by Crippen LogP contribution is -2.30. The van der Waals surface area contributed by atoms with Gasteiger partial charge in [-0.1, -0.05) is 13.8 Å². The standard InChI is InChI=1S/C15H19N3/c1-15(2)9-13(16)12-5-8-18(14(12)10-15)11-3-6-17-7-4-11/h3-8,13H,9-10,16H2,1-2H3. The van der Waals surface area contributed by atoms with Crippen molar-refractivity contribution in [2.75, 3.05) is 0 Å². The molecule has 2 heterocycles. The number of nitrogens with zero attached hydrogens (tertiary/aromatic N) is 2. The normalized spacial score (nSPS) is 21.6. The Morgan fingerprint density at radius 3 is 2.72 bits per heavy atom. The molecule has 3 heteroatoms. The fraction of sp³-hybridized carbons (Fsp3) is 0.400. The molecule has 2 aromatic heterocycles. The van der Waals surface area contributed by atoms with Gasteiger partial charge in [-0.05, 0) is 42.0 Å². The zero-order valence-corrected chi connectivity index (χ0v) is 10.9. The van der Waals surface area contributed by atoms with Crippen LogP contribution in [0.4, 0.5) is 0 Å². The summed E-state index contributed by atoms with van der Waals surface area (Å²) in [7, 11) is 0. The van der Waals surface area contributed by atoms with Crippen LogP contribution in [0.15, 0.2) is 36.8 Å². The van der Waals surface area contributed by atoms with Gasteiger partial charge in [0, 0.05) is 36.0 Å². The third kappa shape index (κ3) is 1.85. The van der Waals surface area contributed by atoms with Crippen molar-refractivity contribution in [1.29, 1.82) is 0 Å². The molecule has 94 valence electrons. The van der Waals surface area contributed by atoms with Crippen LogP contribution in [-0.2, 0) is 6.42 Å². The molecule has 0 radical (unpaired) electrons. The van der Waals surface area contributed by atoms with Crippen LogP contribution < -0.4 is 5.73 Å². The number of fused-ring (bicyclic) bond motifs is 1. The zero-order chi connectivity index (χ0) is 12.8. The van der Waals surface area contributed by atoms with E-state index in [4.69, 9.17) is 5.73 Å². The molecule has 1 aliphatic carbocycles. The molecule has 2 aromatic rings. The van der Waals surface area contributed by atoms with Gasteiger partial charge in [0.25, 0.3) is 0 Å². The van der Waals surface area contributed by atoms with Gasteiger partial charge in [-0.3, -0.25) is 4.98 Å². The summed E-state index contributed by atoms with van der Waals surface area (Å²) in [6.07, 6.45) is 7.91. The van der Waals surface area contributed by atoms with Crippen LogP contribution in [0, 0.1) is 5.41 Å². The van der Waals surface area contributed by atoms with Crippen molar-refractivity contribution in [2.45, 2.75) is 32.7 Å². The first-order valence-electron chi connectivity index (χ1n) is 6.43. The Morgan fingerprint density at radius 2 is 2.00 bits per heavy atom. The van der Waals surface area contributed by atoms with Gasteiger partial charge in [0.1, 0.15) is 0 Å². The lowest BCUT2D eigenvalue weighted by Gasteiger charge is -2.34. The summed E-state index contributed by atoms with van der Waals surface area (Å²) in [5.74, 6) is 0. The van der Waals surface area contributed by atoms with Crippen molar-refractivity contribution >= 4 is 0 Å². The molecule has 1 atom stereocenters. The zero-order valence-electron chi connectivity index (χ0n) is 10.9. The van der Waals surface area contributed by atoms with Gasteiger partial charge in [-0.15, -0.1) is 0 Å². The van der Waals surface area contributed by atoms with Crippen molar-refractivity contribution in [3.8, 4) is 5.69 Å². The molecule has 0 amide bonds. The van der Waals surface area contributed by atoms with Crippen LogP contribution in [0.2, 0.25) is 0 Å². The Hall–Kier alpha value is -1.61. The number of hydrogen-bond donors (Lipinski definition) is 1. The minimum absolute atomic E-state index is 0.159. The largest absolute Gasteiger partial charge is 0.324 e. The van der Waals surface area contributed by atoms with Crippen LogP contribution >= 0.6 is 0 Å². The summed E-state index contributed by atoms with van der Waals surface area (Å²) in [6.45, 7) is 4.58. The molecule has 0 spiro atoms. The fourth-order valence-electron chi connectivity index (χ4n) is 2.98. The molecule has 2 N–H and O–H groups in total. The van der Waals surface area contributed by atoms with Crippen LogP contribution in [0.1, 0.15) is 37.6 Å². The molecule has 3 rings (SSSR count). The van der Waals surface area contributed by atoms with E-state index in [1.807, 2.05) is 24.5 Å². The van der Waals surface area contributed by atoms with Crippen molar-refractivity contribution in [3.63, 3.8) is 0 Å². The third-order valence-electron chi connectivity index (χ3n) is 3.79. The molecule has 0 bridgehead atoms. The minimum atomic E-state index is 0.159. The summed E-state index contributed by atoms with van der Waals surface area (Å²) < 4.78 is 2.25. The first-order chi connectivity index (χ1) is 8.57. The van der Waals surface area contributed by atoms with Crippen molar-refractivity contribution in [3.05, 3.63) is 48.0 Å². The molecule has 1 unspecified atom stereocenters. The molecular formula is C15H19N3. The summed E-state index contributed by atoms with van der Waals surface area (Å²) >= 11 is 0. The second-order valence-electron chi connectivity index (χ2n) is 5.94. The van der Waals surface area contributed by atoms with Crippen LogP contribution in [0.25, 0.3) is 5.69 Å². The molecule has 0 saturated heterocycles. The quantitative estimate of drug-likeness (QED) is 0.834. The summed E-state index contributed by atoms with van der Waals surface area (Å²) in [6, 6.07) is 6.39. The molecule has 1 aliphatic rings. The van der Waals surface area contributed by atoms with Crippen molar-refractivity contribution in [2.24, 2.45) is 11.1 Å². The average Bonchev–Trinajstić information content (AvgIpc) is 2.72. The Bertz CT molecular complexity index is 554. The minimum Gasteiger partial charge on any atom is -0.324 e. The van der Waals surface area contributed by atoms with E-state index in [9.17, 15) is 0 Å². The molecular weight excluding hydrogens is 222 g/mol. The monoisotopic (exact) mass is 241 g/mol. The number of rotatable bonds is 1. The highest BCUT2D eigenvalue weighted by Gasteiger charge is 2.32. The fourth-order valence-corrected chi connectivity index (χ4v) is 2.98. The van der Waals surface area contributed by atoms with E-state index in [-0.39, 0.29) is 11.5 Å². The predicted octanol–water partition coefficient (Wildman–Crippen LogP) is 2.84. The Morgan fingerprint density at radius 1 is 1.28 bits per heavy atom. The number of aromatic nitrogens is 2. The van der Waals surface area contributed by atoms with Crippen LogP contribution in [0.5, 0.6) is 0 Å². The Labute approximate surface area is 108 Å². The Balaban J connectivity index is 2.10. The molecule has 0 fully saturated rings. The van der Waals surface area contributed by atoms with Gasteiger partial charge in [-0.25, -0.2) is 0 Å². The average molecular weight is 241 g/mol. The van der Waals surface area contributed by atoms with E-state index in [2.05, 4.69) is 35.7 Å². The third-order valence-corrected chi connectivity index (χ3v) is 3.79. The van der Waals surface area contributed by atoms with Crippen molar-refractivity contribution in [1.82, 2.24) is 9.55 Å². The molecule has 0 saturated carbocycles. The number of pyridine rings is 1. The Kier molecular flexibility index (Phi) is 2.52. The van der Waals surface area contributed by atoms with Gasteiger partial charge >= 0.3 is 0 Å². The van der Waals surface area contributed by atoms with Crippen molar-refractivity contribution < 1.29 is 0 Å². The topological polar surface area (TPSA) is 43.8 Å². The lowest BCUT2D eigenvalue weighted by atomic mass is 9.74. The molecule has 18 heavy (non-hydrogen) atoms. The van der Waals surface area contributed by atoms with E-state index in [1.54, 1.807) is 0 Å². The van der Waals surface area contributed by atoms with Crippen LogP contribution in [0.3, 0.4) is 0 Å². The maximum absolute atomic E-state index is 6.29. The second-order valence-corrected chi connectivity index (χ2v) is 5.94. The lowest BCUT2D eigenvalue weighted by molar-refractivity contribution is 0.278. The first-order valence-corrected chi connectivity index (χ1v) is 6.43. The SMILES string of the molecule is CC1(C)Cc2c(ccn2-c2ccncc2)C(N)C1. The van der Waals surface area contributed by atoms with Gasteiger partial charge < -0.3 is 10.3 Å². The molecule has 3 nitrogen and oxygen atoms in total. The number of nitrogens with two attached hydrogens (primary N) is 1. The second kappa shape index (κ2) is 3.95. The molecule has 0 aliphatic heterocycles. The van der Waals surface area contributed by atoms with E-state index < -0.39 is 0 Å². The van der Waals surface area contributed by atoms with E-state index >= 15 is 0 Å². The highest BCUT2D eigenvalue weighted by molar-refractivity contribution is 5.39. The van der Waals surface area contributed by atoms with E-state index in [0.29, 0.717) is 0 Å². The van der Waals surface area contributed by atoms with Gasteiger partial charge in [-0.2, -0.15) is 0 Å². The number of hydrogen-bond acceptors (Lipinski definition) is 2. The van der Waals surface area contributed by atoms with Gasteiger partial charge in [0.15, 0.2) is 0 Å². The molecule has 0 aromatic carbocycles. The maximum Gasteiger partial charge on any atom is 0.0483 e. The highest BCUT2D eigenvalue weighted by atomic mass is 15.0. The van der Waals surface area contributed by atoms with E-state index in [0.717, 1.165) is 18.5 Å². The maximum atomic E-state index is 6.29. The smallest absolute Gasteiger partial charge is 0.0483 e.